The molecule has 2 aromatic heterocycles. The van der Waals surface area contributed by atoms with E-state index < -0.39 is 23.4 Å². The maximum absolute atomic E-state index is 15.6. The molecule has 0 aliphatic carbocycles. The molecule has 1 saturated heterocycles. The van der Waals surface area contributed by atoms with Crippen molar-refractivity contribution in [3.05, 3.63) is 106 Å². The lowest BCUT2D eigenvalue weighted by Gasteiger charge is -2.27. The molecular formula is C33H25F3N4O5. The number of carbonyl (C=O) groups is 1. The molecule has 0 bridgehead atoms. The second kappa shape index (κ2) is 12.3. The van der Waals surface area contributed by atoms with Gasteiger partial charge in [0.15, 0.2) is 0 Å². The normalized spacial score (nSPS) is 14.2. The van der Waals surface area contributed by atoms with Crippen LogP contribution in [0.5, 0.6) is 11.6 Å². The van der Waals surface area contributed by atoms with Gasteiger partial charge in [0.25, 0.3) is 0 Å². The van der Waals surface area contributed by atoms with Crippen LogP contribution in [0.2, 0.25) is 0 Å². The van der Waals surface area contributed by atoms with E-state index in [2.05, 4.69) is 9.97 Å². The lowest BCUT2D eigenvalue weighted by molar-refractivity contribution is -0.0589. The molecule has 1 atom stereocenters. The zero-order valence-corrected chi connectivity index (χ0v) is 23.9. The minimum Gasteiger partial charge on any atom is -0.494 e. The predicted octanol–water partition coefficient (Wildman–Crippen LogP) is 6.05. The second-order valence-electron chi connectivity index (χ2n) is 10.4. The topological polar surface area (TPSA) is 119 Å². The molecule has 45 heavy (non-hydrogen) atoms. The monoisotopic (exact) mass is 614 g/mol. The number of ether oxygens (including phenoxy) is 3. The van der Waals surface area contributed by atoms with E-state index in [0.717, 1.165) is 24.6 Å². The van der Waals surface area contributed by atoms with E-state index in [9.17, 15) is 14.3 Å². The number of methoxy groups -OCH3 is 1. The van der Waals surface area contributed by atoms with Crippen LogP contribution < -0.4 is 9.47 Å². The first-order chi connectivity index (χ1) is 21.7. The van der Waals surface area contributed by atoms with Crippen LogP contribution >= 0.6 is 0 Å². The van der Waals surface area contributed by atoms with E-state index >= 15 is 8.78 Å². The van der Waals surface area contributed by atoms with Gasteiger partial charge in [-0.3, -0.25) is 0 Å². The Bertz CT molecular complexity index is 1980. The largest absolute Gasteiger partial charge is 0.494 e. The van der Waals surface area contributed by atoms with Crippen molar-refractivity contribution in [3.8, 4) is 29.0 Å². The molecule has 0 radical (unpaired) electrons. The first-order valence-corrected chi connectivity index (χ1v) is 13.9. The molecule has 0 saturated carbocycles. The highest BCUT2D eigenvalue weighted by atomic mass is 19.1. The highest BCUT2D eigenvalue weighted by Crippen LogP contribution is 2.32. The summed E-state index contributed by atoms with van der Waals surface area (Å²) in [6.45, 7) is 0.767. The molecule has 5 aromatic rings. The Morgan fingerprint density at radius 1 is 1.07 bits per heavy atom. The van der Waals surface area contributed by atoms with Crippen molar-refractivity contribution in [1.82, 2.24) is 14.5 Å². The summed E-state index contributed by atoms with van der Waals surface area (Å²) >= 11 is 0. The van der Waals surface area contributed by atoms with E-state index in [1.54, 1.807) is 10.6 Å². The number of carboxylic acids is 1. The van der Waals surface area contributed by atoms with Crippen LogP contribution in [0.3, 0.4) is 0 Å². The minimum atomic E-state index is -1.14. The number of imidazole rings is 1. The zero-order chi connectivity index (χ0) is 31.7. The summed E-state index contributed by atoms with van der Waals surface area (Å²) in [5.41, 5.74) is 1.30. The van der Waals surface area contributed by atoms with Gasteiger partial charge in [0.05, 0.1) is 48.2 Å². The third-order valence-corrected chi connectivity index (χ3v) is 7.59. The van der Waals surface area contributed by atoms with Crippen molar-refractivity contribution in [2.45, 2.75) is 32.1 Å². The molecule has 1 aliphatic rings. The molecule has 1 N–H and O–H groups in total. The van der Waals surface area contributed by atoms with Gasteiger partial charge in [-0.15, -0.1) is 0 Å². The number of halogens is 3. The van der Waals surface area contributed by atoms with Gasteiger partial charge in [0, 0.05) is 30.2 Å². The molecule has 6 rings (SSSR count). The van der Waals surface area contributed by atoms with Crippen molar-refractivity contribution in [2.24, 2.45) is 0 Å². The molecule has 3 heterocycles. The molecular weight excluding hydrogens is 589 g/mol. The molecule has 12 heteroatoms. The lowest BCUT2D eigenvalue weighted by atomic mass is 10.0. The molecule has 0 unspecified atom stereocenters. The second-order valence-corrected chi connectivity index (χ2v) is 10.4. The van der Waals surface area contributed by atoms with E-state index in [0.29, 0.717) is 30.0 Å². The third-order valence-electron chi connectivity index (χ3n) is 7.59. The fourth-order valence-electron chi connectivity index (χ4n) is 5.11. The highest BCUT2D eigenvalue weighted by Gasteiger charge is 2.25. The highest BCUT2D eigenvalue weighted by molar-refractivity contribution is 5.95. The van der Waals surface area contributed by atoms with Gasteiger partial charge in [0.1, 0.15) is 41.1 Å². The summed E-state index contributed by atoms with van der Waals surface area (Å²) in [5, 5.41) is 18.5. The standard InChI is InChI=1S/C33H25F3N4O5/c1-43-29-12-21(33(41)42)11-28-32(29)39-30(40(28)16-22-7-8-44-22)13-20-10-26(36)23(14-25(20)35)27-3-2-4-31(38-27)45-17-19-6-5-18(15-37)9-24(19)34/h2-6,9-12,14,22H,7-8,13,16-17H2,1H3,(H,41,42)/t22-/m0/s1. The smallest absolute Gasteiger partial charge is 0.335 e. The van der Waals surface area contributed by atoms with Crippen molar-refractivity contribution in [2.75, 3.05) is 13.7 Å². The number of fused-ring (bicyclic) bond motifs is 1. The molecule has 1 aliphatic heterocycles. The number of hydrogen-bond acceptors (Lipinski definition) is 7. The van der Waals surface area contributed by atoms with Crippen molar-refractivity contribution in [3.63, 3.8) is 0 Å². The number of hydrogen-bond donors (Lipinski definition) is 1. The Morgan fingerprint density at radius 2 is 1.87 bits per heavy atom. The molecule has 1 fully saturated rings. The van der Waals surface area contributed by atoms with Crippen molar-refractivity contribution < 1.29 is 37.3 Å². The Hall–Kier alpha value is -5.41. The van der Waals surface area contributed by atoms with Gasteiger partial charge in [-0.25, -0.2) is 27.9 Å². The Labute approximate surface area is 255 Å². The van der Waals surface area contributed by atoms with Crippen molar-refractivity contribution in [1.29, 1.82) is 5.26 Å². The van der Waals surface area contributed by atoms with Crippen LogP contribution in [0.1, 0.15) is 39.3 Å². The van der Waals surface area contributed by atoms with Gasteiger partial charge in [-0.05, 0) is 54.4 Å². The fraction of sp³-hybridized carbons (Fsp3) is 0.212. The van der Waals surface area contributed by atoms with Crippen molar-refractivity contribution >= 4 is 17.0 Å². The number of carboxylic acid groups (broad SMARTS) is 1. The van der Waals surface area contributed by atoms with E-state index in [-0.39, 0.29) is 64.3 Å². The number of aromatic nitrogens is 3. The fourth-order valence-corrected chi connectivity index (χ4v) is 5.11. The van der Waals surface area contributed by atoms with Gasteiger partial charge >= 0.3 is 5.97 Å². The van der Waals surface area contributed by atoms with Crippen LogP contribution in [0.4, 0.5) is 13.2 Å². The summed E-state index contributed by atoms with van der Waals surface area (Å²) in [6, 6.07) is 15.4. The summed E-state index contributed by atoms with van der Waals surface area (Å²) < 4.78 is 63.7. The molecule has 228 valence electrons. The SMILES string of the molecule is COc1cc(C(=O)O)cc2c1nc(Cc1cc(F)c(-c3cccc(OCc4ccc(C#N)cc4F)n3)cc1F)n2C[C@@H]1CCO1. The van der Waals surface area contributed by atoms with Crippen LogP contribution in [0.15, 0.2) is 60.7 Å². The predicted molar refractivity (Wildman–Crippen MR) is 155 cm³/mol. The van der Waals surface area contributed by atoms with Gasteiger partial charge in [-0.1, -0.05) is 12.1 Å². The average Bonchev–Trinajstić information content (AvgIpc) is 3.36. The maximum atomic E-state index is 15.6. The summed E-state index contributed by atoms with van der Waals surface area (Å²) in [4.78, 5) is 20.7. The summed E-state index contributed by atoms with van der Waals surface area (Å²) in [7, 11) is 1.40. The molecule has 3 aromatic carbocycles. The first-order valence-electron chi connectivity index (χ1n) is 13.9. The number of benzene rings is 3. The molecule has 0 spiro atoms. The van der Waals surface area contributed by atoms with Gasteiger partial charge < -0.3 is 23.9 Å². The zero-order valence-electron chi connectivity index (χ0n) is 23.9. The van der Waals surface area contributed by atoms with Crippen LogP contribution in [-0.4, -0.2) is 45.4 Å². The Balaban J connectivity index is 1.29. The van der Waals surface area contributed by atoms with Crippen LogP contribution in [-0.2, 0) is 24.3 Å². The minimum absolute atomic E-state index is 0.00361. The van der Waals surface area contributed by atoms with E-state index in [1.165, 1.54) is 43.5 Å². The molecule has 0 amide bonds. The summed E-state index contributed by atoms with van der Waals surface area (Å²) in [5.74, 6) is -2.48. The Kier molecular flexibility index (Phi) is 8.10. The van der Waals surface area contributed by atoms with Crippen LogP contribution in [0, 0.1) is 28.8 Å². The average molecular weight is 615 g/mol. The maximum Gasteiger partial charge on any atom is 0.335 e. The number of rotatable bonds is 10. The van der Waals surface area contributed by atoms with E-state index in [1.807, 2.05) is 6.07 Å². The number of nitrogens with zero attached hydrogens (tertiary/aromatic N) is 4. The van der Waals surface area contributed by atoms with Gasteiger partial charge in [-0.2, -0.15) is 5.26 Å². The summed E-state index contributed by atoms with van der Waals surface area (Å²) in [6.07, 6.45) is 0.576. The number of pyridine rings is 1. The first kappa shape index (κ1) is 29.7. The lowest BCUT2D eigenvalue weighted by Crippen LogP contribution is -2.31. The van der Waals surface area contributed by atoms with Gasteiger partial charge in [0.2, 0.25) is 5.88 Å². The molecule has 9 nitrogen and oxygen atoms in total. The Morgan fingerprint density at radius 3 is 2.56 bits per heavy atom. The number of aromatic carboxylic acids is 1. The van der Waals surface area contributed by atoms with E-state index in [4.69, 9.17) is 19.5 Å². The van der Waals surface area contributed by atoms with Crippen LogP contribution in [0.25, 0.3) is 22.3 Å². The number of nitriles is 1. The third kappa shape index (κ3) is 6.03. The quantitative estimate of drug-likeness (QED) is 0.202.